The van der Waals surface area contributed by atoms with E-state index in [9.17, 15) is 14.4 Å². The first-order chi connectivity index (χ1) is 13.1. The minimum atomic E-state index is -0.627. The fourth-order valence-corrected chi connectivity index (χ4v) is 2.99. The number of rotatable bonds is 7. The molecule has 0 saturated heterocycles. The van der Waals surface area contributed by atoms with Gasteiger partial charge in [0.25, 0.3) is 5.89 Å². The number of esters is 1. The molecule has 8 nitrogen and oxygen atoms in total. The molecule has 27 heavy (non-hydrogen) atoms. The lowest BCUT2D eigenvalue weighted by atomic mass is 10.1. The summed E-state index contributed by atoms with van der Waals surface area (Å²) >= 11 is 1.40. The number of benzene rings is 1. The number of amides is 1. The maximum absolute atomic E-state index is 12.2. The molecule has 1 aromatic carbocycles. The van der Waals surface area contributed by atoms with Gasteiger partial charge in [-0.1, -0.05) is 18.2 Å². The second-order valence-corrected chi connectivity index (χ2v) is 6.39. The summed E-state index contributed by atoms with van der Waals surface area (Å²) in [4.78, 5) is 36.8. The van der Waals surface area contributed by atoms with Crippen molar-refractivity contribution in [3.05, 3.63) is 57.9 Å². The molecule has 2 aromatic heterocycles. The van der Waals surface area contributed by atoms with Crippen LogP contribution in [0, 0.1) is 0 Å². The molecule has 3 aromatic rings. The van der Waals surface area contributed by atoms with Gasteiger partial charge in [-0.05, 0) is 30.5 Å². The lowest BCUT2D eigenvalue weighted by molar-refractivity contribution is -0.116. The molecule has 0 aliphatic carbocycles. The number of hydrogen-bond acceptors (Lipinski definition) is 7. The van der Waals surface area contributed by atoms with Gasteiger partial charge in [0.1, 0.15) is 0 Å². The smallest absolute Gasteiger partial charge is 0.437 e. The summed E-state index contributed by atoms with van der Waals surface area (Å²) in [5.74, 6) is -1.28. The van der Waals surface area contributed by atoms with Crippen LogP contribution in [0.4, 0.5) is 5.69 Å². The predicted octanol–water partition coefficient (Wildman–Crippen LogP) is 2.77. The number of thiophene rings is 1. The van der Waals surface area contributed by atoms with E-state index in [1.165, 1.54) is 11.3 Å². The third kappa shape index (κ3) is 4.50. The van der Waals surface area contributed by atoms with Crippen molar-refractivity contribution in [2.45, 2.75) is 19.9 Å². The summed E-state index contributed by atoms with van der Waals surface area (Å²) < 4.78 is 11.2. The van der Waals surface area contributed by atoms with Gasteiger partial charge in [-0.3, -0.25) is 4.79 Å². The molecule has 0 aliphatic rings. The number of carbonyl (C=O) groups excluding carboxylic acids is 2. The number of nitrogens with zero attached hydrogens (tertiary/aromatic N) is 2. The van der Waals surface area contributed by atoms with Crippen LogP contribution >= 0.6 is 11.3 Å². The Morgan fingerprint density at radius 1 is 1.26 bits per heavy atom. The van der Waals surface area contributed by atoms with Crippen LogP contribution in [-0.4, -0.2) is 28.3 Å². The van der Waals surface area contributed by atoms with Crippen molar-refractivity contribution >= 4 is 28.9 Å². The summed E-state index contributed by atoms with van der Waals surface area (Å²) in [6, 6.07) is 10.2. The SMILES string of the molecule is CCOC(=O)c1ccccc1NC(=O)CCn1nc(-c2cccs2)oc1=O. The molecule has 3 rings (SSSR count). The van der Waals surface area contributed by atoms with Crippen LogP contribution in [0.1, 0.15) is 23.7 Å². The van der Waals surface area contributed by atoms with E-state index >= 15 is 0 Å². The van der Waals surface area contributed by atoms with Gasteiger partial charge >= 0.3 is 11.7 Å². The number of ether oxygens (including phenoxy) is 1. The van der Waals surface area contributed by atoms with Crippen molar-refractivity contribution in [2.75, 3.05) is 11.9 Å². The Morgan fingerprint density at radius 2 is 2.07 bits per heavy atom. The zero-order chi connectivity index (χ0) is 19.2. The van der Waals surface area contributed by atoms with Crippen LogP contribution < -0.4 is 11.1 Å². The molecule has 0 unspecified atom stereocenters. The normalized spacial score (nSPS) is 10.6. The largest absolute Gasteiger partial charge is 0.462 e. The summed E-state index contributed by atoms with van der Waals surface area (Å²) in [7, 11) is 0. The Labute approximate surface area is 158 Å². The number of aromatic nitrogens is 2. The Bertz CT molecular complexity index is 991. The molecule has 1 N–H and O–H groups in total. The maximum atomic E-state index is 12.2. The molecule has 0 bridgehead atoms. The summed E-state index contributed by atoms with van der Waals surface area (Å²) in [5, 5.41) is 8.61. The third-order valence-corrected chi connectivity index (χ3v) is 4.44. The van der Waals surface area contributed by atoms with Crippen molar-refractivity contribution in [1.82, 2.24) is 9.78 Å². The van der Waals surface area contributed by atoms with Crippen molar-refractivity contribution in [1.29, 1.82) is 0 Å². The molecule has 0 spiro atoms. The van der Waals surface area contributed by atoms with E-state index in [1.54, 1.807) is 37.3 Å². The van der Waals surface area contributed by atoms with E-state index in [1.807, 2.05) is 11.4 Å². The highest BCUT2D eigenvalue weighted by molar-refractivity contribution is 7.13. The fourth-order valence-electron chi connectivity index (χ4n) is 2.35. The highest BCUT2D eigenvalue weighted by Gasteiger charge is 2.15. The van der Waals surface area contributed by atoms with Gasteiger partial charge in [0.15, 0.2) is 0 Å². The fraction of sp³-hybridized carbons (Fsp3) is 0.222. The summed E-state index contributed by atoms with van der Waals surface area (Å²) in [6.07, 6.45) is -0.00647. The van der Waals surface area contributed by atoms with Crippen LogP contribution in [0.3, 0.4) is 0 Å². The lowest BCUT2D eigenvalue weighted by Crippen LogP contribution is -2.21. The van der Waals surface area contributed by atoms with Gasteiger partial charge < -0.3 is 14.5 Å². The average molecular weight is 387 g/mol. The van der Waals surface area contributed by atoms with Crippen molar-refractivity contribution in [3.8, 4) is 10.8 Å². The molecule has 0 atom stereocenters. The van der Waals surface area contributed by atoms with Crippen LogP contribution in [0.2, 0.25) is 0 Å². The molecular weight excluding hydrogens is 370 g/mol. The van der Waals surface area contributed by atoms with E-state index in [0.29, 0.717) is 5.69 Å². The van der Waals surface area contributed by atoms with Crippen LogP contribution in [0.5, 0.6) is 0 Å². The molecule has 9 heteroatoms. The zero-order valence-corrected chi connectivity index (χ0v) is 15.3. The summed E-state index contributed by atoms with van der Waals surface area (Å²) in [5.41, 5.74) is 0.624. The van der Waals surface area contributed by atoms with Crippen LogP contribution in [0.15, 0.2) is 51.0 Å². The van der Waals surface area contributed by atoms with Crippen molar-refractivity contribution in [3.63, 3.8) is 0 Å². The molecule has 0 saturated carbocycles. The third-order valence-electron chi connectivity index (χ3n) is 3.59. The van der Waals surface area contributed by atoms with Gasteiger partial charge in [-0.25, -0.2) is 9.59 Å². The van der Waals surface area contributed by atoms with Crippen molar-refractivity contribution < 1.29 is 18.7 Å². The maximum Gasteiger partial charge on any atom is 0.437 e. The monoisotopic (exact) mass is 387 g/mol. The number of para-hydroxylation sites is 1. The molecule has 140 valence electrons. The second-order valence-electron chi connectivity index (χ2n) is 5.44. The Hall–Kier alpha value is -3.20. The van der Waals surface area contributed by atoms with Gasteiger partial charge in [0.2, 0.25) is 5.91 Å². The summed E-state index contributed by atoms with van der Waals surface area (Å²) in [6.45, 7) is 2.00. The van der Waals surface area contributed by atoms with Gasteiger partial charge in [-0.15, -0.1) is 16.4 Å². The Morgan fingerprint density at radius 3 is 2.81 bits per heavy atom. The first-order valence-electron chi connectivity index (χ1n) is 8.26. The Kier molecular flexibility index (Phi) is 5.82. The zero-order valence-electron chi connectivity index (χ0n) is 14.5. The molecular formula is C18H17N3O5S. The number of aryl methyl sites for hydroxylation is 1. The number of carbonyl (C=O) groups is 2. The van der Waals surface area contributed by atoms with Gasteiger partial charge in [0, 0.05) is 6.42 Å². The second kappa shape index (κ2) is 8.45. The number of nitrogens with one attached hydrogen (secondary N) is 1. The average Bonchev–Trinajstić information content (AvgIpc) is 3.30. The van der Waals surface area contributed by atoms with Gasteiger partial charge in [-0.2, -0.15) is 4.68 Å². The quantitative estimate of drug-likeness (QED) is 0.625. The number of anilines is 1. The van der Waals surface area contributed by atoms with Crippen LogP contribution in [-0.2, 0) is 16.1 Å². The van der Waals surface area contributed by atoms with Crippen molar-refractivity contribution in [2.24, 2.45) is 0 Å². The van der Waals surface area contributed by atoms with Gasteiger partial charge in [0.05, 0.1) is 29.3 Å². The van der Waals surface area contributed by atoms with E-state index in [2.05, 4.69) is 10.4 Å². The minimum Gasteiger partial charge on any atom is -0.462 e. The van der Waals surface area contributed by atoms with E-state index in [-0.39, 0.29) is 36.9 Å². The highest BCUT2D eigenvalue weighted by Crippen LogP contribution is 2.21. The molecule has 2 heterocycles. The first-order valence-corrected chi connectivity index (χ1v) is 9.14. The molecule has 0 aliphatic heterocycles. The lowest BCUT2D eigenvalue weighted by Gasteiger charge is -2.10. The first kappa shape index (κ1) is 18.6. The Balaban J connectivity index is 1.64. The van der Waals surface area contributed by atoms with Crippen LogP contribution in [0.25, 0.3) is 10.8 Å². The molecule has 1 amide bonds. The van der Waals surface area contributed by atoms with E-state index < -0.39 is 11.7 Å². The molecule has 0 radical (unpaired) electrons. The highest BCUT2D eigenvalue weighted by atomic mass is 32.1. The standard InChI is InChI=1S/C18H17N3O5S/c1-2-25-17(23)12-6-3-4-7-13(12)19-15(22)9-10-21-18(24)26-16(20-21)14-8-5-11-27-14/h3-8,11H,2,9-10H2,1H3,(H,19,22). The topological polar surface area (TPSA) is 103 Å². The predicted molar refractivity (Wildman–Crippen MR) is 99.7 cm³/mol. The minimum absolute atomic E-state index is 0.00647. The van der Waals surface area contributed by atoms with E-state index in [4.69, 9.17) is 9.15 Å². The van der Waals surface area contributed by atoms with E-state index in [0.717, 1.165) is 9.56 Å². The molecule has 0 fully saturated rings. The number of hydrogen-bond donors (Lipinski definition) is 1.